The number of hydrogen-bond acceptors (Lipinski definition) is 4. The quantitative estimate of drug-likeness (QED) is 0.138. The third-order valence-electron chi connectivity index (χ3n) is 11.9. The second-order valence-corrected chi connectivity index (χ2v) is 16.2. The van der Waals surface area contributed by atoms with Gasteiger partial charge < -0.3 is 0 Å². The van der Waals surface area contributed by atoms with Crippen molar-refractivity contribution in [3.63, 3.8) is 0 Å². The summed E-state index contributed by atoms with van der Waals surface area (Å²) in [5, 5.41) is 0. The Bertz CT molecular complexity index is 3310. The van der Waals surface area contributed by atoms with Crippen LogP contribution in [0, 0.1) is 0 Å². The summed E-state index contributed by atoms with van der Waals surface area (Å²) in [6, 6.07) is 88.9. The smallest absolute Gasteiger partial charge is 0.164 e. The highest BCUT2D eigenvalue weighted by Crippen LogP contribution is 2.49. The van der Waals surface area contributed by atoms with Crippen molar-refractivity contribution >= 4 is 0 Å². The van der Waals surface area contributed by atoms with Gasteiger partial charge in [-0.05, 0) is 51.1 Å². The Balaban J connectivity index is 1.06. The van der Waals surface area contributed by atoms with E-state index in [4.69, 9.17) is 19.9 Å². The minimum absolute atomic E-state index is 0.612. The van der Waals surface area contributed by atoms with E-state index >= 15 is 0 Å². The molecule has 4 heteroatoms. The molecular formula is C62H42N4. The predicted molar refractivity (Wildman–Crippen MR) is 272 cm³/mol. The zero-order chi connectivity index (χ0) is 44.1. The van der Waals surface area contributed by atoms with E-state index in [9.17, 15) is 0 Å². The number of pyridine rings is 1. The van der Waals surface area contributed by atoms with Crippen molar-refractivity contribution < 1.29 is 0 Å². The van der Waals surface area contributed by atoms with Crippen LogP contribution in [0.3, 0.4) is 0 Å². The average molecular weight is 843 g/mol. The molecule has 0 amide bonds. The van der Waals surface area contributed by atoms with Crippen LogP contribution >= 0.6 is 0 Å². The topological polar surface area (TPSA) is 51.6 Å². The number of hydrogen-bond donors (Lipinski definition) is 0. The zero-order valence-corrected chi connectivity index (χ0v) is 36.0. The second kappa shape index (κ2) is 18.1. The van der Waals surface area contributed by atoms with Crippen molar-refractivity contribution in [3.8, 4) is 112 Å². The van der Waals surface area contributed by atoms with E-state index in [0.717, 1.165) is 94.8 Å². The molecule has 66 heavy (non-hydrogen) atoms. The van der Waals surface area contributed by atoms with Crippen molar-refractivity contribution in [2.75, 3.05) is 0 Å². The van der Waals surface area contributed by atoms with Gasteiger partial charge in [0.15, 0.2) is 17.5 Å². The molecule has 11 rings (SSSR count). The fourth-order valence-electron chi connectivity index (χ4n) is 8.74. The summed E-state index contributed by atoms with van der Waals surface area (Å²) >= 11 is 0. The van der Waals surface area contributed by atoms with Crippen LogP contribution in [-0.4, -0.2) is 19.9 Å². The van der Waals surface area contributed by atoms with Crippen LogP contribution in [0.4, 0.5) is 0 Å². The standard InChI is InChI=1S/C62H42N4/c1-7-21-43(22-8-1)51-33-19-35-53(41-51)61-64-60(50-31-17-6-18-32-50)65-62(66-61)54-36-20-34-52(42-54)44-37-39-47(40-38-44)55-56(45-23-9-2-10-24-45)58(48-27-13-4-14-28-48)63-59(49-29-15-5-16-30-49)57(55)46-25-11-3-12-26-46/h1-42H. The molecule has 0 spiro atoms. The van der Waals surface area contributed by atoms with Crippen LogP contribution < -0.4 is 0 Å². The highest BCUT2D eigenvalue weighted by Gasteiger charge is 2.25. The molecule has 0 atom stereocenters. The summed E-state index contributed by atoms with van der Waals surface area (Å²) in [5.74, 6) is 1.86. The molecule has 2 heterocycles. The van der Waals surface area contributed by atoms with Gasteiger partial charge >= 0.3 is 0 Å². The molecule has 11 aromatic rings. The molecule has 0 fully saturated rings. The second-order valence-electron chi connectivity index (χ2n) is 16.2. The Kier molecular flexibility index (Phi) is 10.9. The first kappa shape index (κ1) is 40.0. The average Bonchev–Trinajstić information content (AvgIpc) is 3.42. The molecule has 9 aromatic carbocycles. The Hall–Kier alpha value is -8.86. The van der Waals surface area contributed by atoms with Gasteiger partial charge in [-0.1, -0.05) is 243 Å². The predicted octanol–water partition coefficient (Wildman–Crippen LogP) is 15.9. The molecule has 0 saturated carbocycles. The molecule has 0 bridgehead atoms. The SMILES string of the molecule is c1ccc(-c2cccc(-c3nc(-c4ccccc4)nc(-c4cccc(-c5ccc(-c6c(-c7ccccc7)c(-c7ccccc7)nc(-c7ccccc7)c6-c6ccccc6)cc5)c4)n3)c2)cc1. The van der Waals surface area contributed by atoms with Crippen molar-refractivity contribution in [2.45, 2.75) is 0 Å². The number of benzene rings is 9. The van der Waals surface area contributed by atoms with Crippen LogP contribution in [0.15, 0.2) is 255 Å². The lowest BCUT2D eigenvalue weighted by molar-refractivity contribution is 1.07. The van der Waals surface area contributed by atoms with E-state index in [-0.39, 0.29) is 0 Å². The molecule has 0 aliphatic rings. The maximum absolute atomic E-state index is 5.61. The zero-order valence-electron chi connectivity index (χ0n) is 36.0. The Morgan fingerprint density at radius 1 is 0.167 bits per heavy atom. The minimum Gasteiger partial charge on any atom is -0.246 e. The minimum atomic E-state index is 0.612. The van der Waals surface area contributed by atoms with Gasteiger partial charge in [-0.3, -0.25) is 0 Å². The lowest BCUT2D eigenvalue weighted by Crippen LogP contribution is -2.01. The number of rotatable bonds is 10. The Morgan fingerprint density at radius 2 is 0.439 bits per heavy atom. The summed E-state index contributed by atoms with van der Waals surface area (Å²) in [6.45, 7) is 0. The fourth-order valence-corrected chi connectivity index (χ4v) is 8.74. The van der Waals surface area contributed by atoms with E-state index in [1.54, 1.807) is 0 Å². The first-order chi connectivity index (χ1) is 32.7. The molecule has 0 aliphatic heterocycles. The lowest BCUT2D eigenvalue weighted by atomic mass is 9.83. The molecular weight excluding hydrogens is 801 g/mol. The van der Waals surface area contributed by atoms with Crippen molar-refractivity contribution in [1.29, 1.82) is 0 Å². The highest BCUT2D eigenvalue weighted by atomic mass is 15.0. The molecule has 0 N–H and O–H groups in total. The van der Waals surface area contributed by atoms with Crippen LogP contribution in [0.25, 0.3) is 112 Å². The summed E-state index contributed by atoms with van der Waals surface area (Å²) in [7, 11) is 0. The monoisotopic (exact) mass is 842 g/mol. The largest absolute Gasteiger partial charge is 0.246 e. The number of aromatic nitrogens is 4. The van der Waals surface area contributed by atoms with Crippen molar-refractivity contribution in [2.24, 2.45) is 0 Å². The normalized spacial score (nSPS) is 11.0. The van der Waals surface area contributed by atoms with E-state index in [1.165, 1.54) is 0 Å². The van der Waals surface area contributed by atoms with Crippen LogP contribution in [0.2, 0.25) is 0 Å². The van der Waals surface area contributed by atoms with Gasteiger partial charge in [-0.25, -0.2) is 19.9 Å². The van der Waals surface area contributed by atoms with Crippen molar-refractivity contribution in [3.05, 3.63) is 255 Å². The summed E-state index contributed by atoms with van der Waals surface area (Å²) in [5.41, 5.74) is 17.7. The van der Waals surface area contributed by atoms with Gasteiger partial charge in [0, 0.05) is 44.5 Å². The summed E-state index contributed by atoms with van der Waals surface area (Å²) in [4.78, 5) is 20.9. The molecule has 0 radical (unpaired) electrons. The van der Waals surface area contributed by atoms with Crippen LogP contribution in [-0.2, 0) is 0 Å². The van der Waals surface area contributed by atoms with Gasteiger partial charge in [-0.15, -0.1) is 0 Å². The molecule has 0 aliphatic carbocycles. The molecule has 310 valence electrons. The molecule has 0 unspecified atom stereocenters. The van der Waals surface area contributed by atoms with Gasteiger partial charge in [0.2, 0.25) is 0 Å². The van der Waals surface area contributed by atoms with Crippen LogP contribution in [0.5, 0.6) is 0 Å². The lowest BCUT2D eigenvalue weighted by Gasteiger charge is -2.23. The van der Waals surface area contributed by atoms with E-state index in [1.807, 2.05) is 36.4 Å². The van der Waals surface area contributed by atoms with Gasteiger partial charge in [0.05, 0.1) is 11.4 Å². The number of nitrogens with zero attached hydrogens (tertiary/aromatic N) is 4. The highest BCUT2D eigenvalue weighted by molar-refractivity contribution is 6.05. The molecule has 4 nitrogen and oxygen atoms in total. The van der Waals surface area contributed by atoms with Crippen molar-refractivity contribution in [1.82, 2.24) is 19.9 Å². The third kappa shape index (κ3) is 8.11. The Morgan fingerprint density at radius 3 is 0.848 bits per heavy atom. The molecule has 2 aromatic heterocycles. The van der Waals surface area contributed by atoms with E-state index in [0.29, 0.717) is 17.5 Å². The summed E-state index contributed by atoms with van der Waals surface area (Å²) in [6.07, 6.45) is 0. The third-order valence-corrected chi connectivity index (χ3v) is 11.9. The van der Waals surface area contributed by atoms with E-state index < -0.39 is 0 Å². The van der Waals surface area contributed by atoms with E-state index in [2.05, 4.69) is 218 Å². The first-order valence-electron chi connectivity index (χ1n) is 22.2. The van der Waals surface area contributed by atoms with Gasteiger partial charge in [0.25, 0.3) is 0 Å². The maximum atomic E-state index is 5.61. The first-order valence-corrected chi connectivity index (χ1v) is 22.2. The van der Waals surface area contributed by atoms with Gasteiger partial charge in [-0.2, -0.15) is 0 Å². The maximum Gasteiger partial charge on any atom is 0.164 e. The van der Waals surface area contributed by atoms with Gasteiger partial charge in [0.1, 0.15) is 0 Å². The van der Waals surface area contributed by atoms with Crippen LogP contribution in [0.1, 0.15) is 0 Å². The molecule has 0 saturated heterocycles. The summed E-state index contributed by atoms with van der Waals surface area (Å²) < 4.78 is 0. The Labute approximate surface area is 385 Å². The fraction of sp³-hybridized carbons (Fsp3) is 0.